The van der Waals surface area contributed by atoms with Crippen LogP contribution in [-0.4, -0.2) is 29.3 Å². The molecule has 1 unspecified atom stereocenters. The Morgan fingerprint density at radius 3 is 2.49 bits per heavy atom. The first kappa shape index (κ1) is 29.1. The lowest BCUT2D eigenvalue weighted by atomic mass is 9.46. The summed E-state index contributed by atoms with van der Waals surface area (Å²) in [7, 11) is 0. The zero-order valence-electron chi connectivity index (χ0n) is 25.0. The molecule has 0 aromatic carbocycles. The zero-order chi connectivity index (χ0) is 27.1. The van der Waals surface area contributed by atoms with Crippen LogP contribution in [-0.2, 0) is 9.53 Å². The molecule has 0 aromatic heterocycles. The maximum absolute atomic E-state index is 13.1. The van der Waals surface area contributed by atoms with Crippen LogP contribution in [0.3, 0.4) is 0 Å². The van der Waals surface area contributed by atoms with Gasteiger partial charge in [-0.1, -0.05) is 79.4 Å². The molecule has 0 aromatic rings. The molecule has 212 valence electrons. The number of nitrogens with two attached hydrogens (primary N) is 1. The molecule has 3 saturated carbocycles. The molecule has 3 fully saturated rings. The average Bonchev–Trinajstić information content (AvgIpc) is 3.16. The standard InChI is InChI=1S/C33H57NO3/c1-20(2)9-8-10-22(5)26-13-14-27-25-12-11-23-18-24(35)19-30(37-31(36)29(34)17-21(3)4)33(23,7)28(25)15-16-32(26,27)6/h11,20-22,24-30,35H,8-10,12-19,34H2,1-7H3/t22-,24-,25+,26-,27+,28+,29+,30?,32-,33+/m1/s1. The van der Waals surface area contributed by atoms with Crippen LogP contribution >= 0.6 is 0 Å². The van der Waals surface area contributed by atoms with Gasteiger partial charge in [0.05, 0.1) is 6.10 Å². The van der Waals surface area contributed by atoms with Crippen molar-refractivity contribution in [1.29, 1.82) is 0 Å². The van der Waals surface area contributed by atoms with Crippen LogP contribution < -0.4 is 5.73 Å². The second kappa shape index (κ2) is 11.3. The van der Waals surface area contributed by atoms with Crippen molar-refractivity contribution in [3.8, 4) is 0 Å². The number of ether oxygens (including phenoxy) is 1. The fraction of sp³-hybridized carbons (Fsp3) is 0.909. The molecule has 0 aliphatic heterocycles. The number of hydrogen-bond donors (Lipinski definition) is 2. The van der Waals surface area contributed by atoms with E-state index in [1.807, 2.05) is 0 Å². The van der Waals surface area contributed by atoms with Crippen LogP contribution in [0.25, 0.3) is 0 Å². The number of carbonyl (C=O) groups excluding carboxylic acids is 1. The molecule has 3 N–H and O–H groups in total. The van der Waals surface area contributed by atoms with Gasteiger partial charge in [0.1, 0.15) is 12.1 Å². The number of fused-ring (bicyclic) bond motifs is 5. The molecule has 0 spiro atoms. The molecule has 4 rings (SSSR count). The molecule has 0 saturated heterocycles. The third-order valence-corrected chi connectivity index (χ3v) is 11.6. The third-order valence-electron chi connectivity index (χ3n) is 11.6. The van der Waals surface area contributed by atoms with E-state index in [0.717, 1.165) is 36.5 Å². The molecule has 0 radical (unpaired) electrons. The van der Waals surface area contributed by atoms with E-state index in [4.69, 9.17) is 10.5 Å². The van der Waals surface area contributed by atoms with Crippen molar-refractivity contribution in [2.75, 3.05) is 0 Å². The maximum atomic E-state index is 13.1. The van der Waals surface area contributed by atoms with Gasteiger partial charge in [0.2, 0.25) is 0 Å². The first-order valence-electron chi connectivity index (χ1n) is 15.7. The van der Waals surface area contributed by atoms with Crippen molar-refractivity contribution in [2.45, 2.75) is 137 Å². The largest absolute Gasteiger partial charge is 0.460 e. The Balaban J connectivity index is 1.53. The van der Waals surface area contributed by atoms with Crippen LogP contribution in [0.15, 0.2) is 11.6 Å². The molecule has 4 aliphatic carbocycles. The number of esters is 1. The van der Waals surface area contributed by atoms with Crippen LogP contribution in [0.5, 0.6) is 0 Å². The Bertz CT molecular complexity index is 835. The normalized spacial score (nSPS) is 41.0. The van der Waals surface area contributed by atoms with Gasteiger partial charge in [0, 0.05) is 11.8 Å². The number of aliphatic hydroxyl groups is 1. The Hall–Kier alpha value is -0.870. The van der Waals surface area contributed by atoms with E-state index in [1.54, 1.807) is 0 Å². The zero-order valence-corrected chi connectivity index (χ0v) is 25.0. The molecule has 0 bridgehead atoms. The highest BCUT2D eigenvalue weighted by atomic mass is 16.5. The highest BCUT2D eigenvalue weighted by molar-refractivity contribution is 5.75. The fourth-order valence-corrected chi connectivity index (χ4v) is 9.70. The predicted octanol–water partition coefficient (Wildman–Crippen LogP) is 7.28. The van der Waals surface area contributed by atoms with Crippen LogP contribution in [0.2, 0.25) is 0 Å². The topological polar surface area (TPSA) is 72.5 Å². The van der Waals surface area contributed by atoms with Crippen molar-refractivity contribution in [3.63, 3.8) is 0 Å². The van der Waals surface area contributed by atoms with Gasteiger partial charge in [-0.05, 0) is 91.8 Å². The summed E-state index contributed by atoms with van der Waals surface area (Å²) in [5.41, 5.74) is 7.83. The lowest BCUT2D eigenvalue weighted by Gasteiger charge is -2.60. The van der Waals surface area contributed by atoms with Gasteiger partial charge >= 0.3 is 5.97 Å². The van der Waals surface area contributed by atoms with Gasteiger partial charge in [-0.2, -0.15) is 0 Å². The minimum absolute atomic E-state index is 0.183. The summed E-state index contributed by atoms with van der Waals surface area (Å²) >= 11 is 0. The second-order valence-corrected chi connectivity index (χ2v) is 14.9. The van der Waals surface area contributed by atoms with E-state index < -0.39 is 12.1 Å². The van der Waals surface area contributed by atoms with Gasteiger partial charge < -0.3 is 15.6 Å². The van der Waals surface area contributed by atoms with E-state index in [-0.39, 0.29) is 17.5 Å². The monoisotopic (exact) mass is 515 g/mol. The summed E-state index contributed by atoms with van der Waals surface area (Å²) in [6.07, 6.45) is 14.1. The number of rotatable bonds is 9. The number of hydrogen-bond acceptors (Lipinski definition) is 4. The van der Waals surface area contributed by atoms with Gasteiger partial charge in [0.25, 0.3) is 0 Å². The molecule has 4 nitrogen and oxygen atoms in total. The van der Waals surface area contributed by atoms with Gasteiger partial charge in [-0.15, -0.1) is 0 Å². The predicted molar refractivity (Wildman–Crippen MR) is 152 cm³/mol. The number of aliphatic hydroxyl groups excluding tert-OH is 1. The number of carbonyl (C=O) groups is 1. The molecular weight excluding hydrogens is 458 g/mol. The third kappa shape index (κ3) is 5.58. The van der Waals surface area contributed by atoms with Crippen LogP contribution in [0.4, 0.5) is 0 Å². The molecule has 37 heavy (non-hydrogen) atoms. The SMILES string of the molecule is CC(C)CCC[C@@H](C)[C@H]1CC[C@H]2[C@@H]3CC=C4C[C@@H](O)CC(OC(=O)[C@@H](N)CC(C)C)[C@]4(C)[C@H]3CC[C@]12C. The van der Waals surface area contributed by atoms with Gasteiger partial charge in [0.15, 0.2) is 0 Å². The lowest BCUT2D eigenvalue weighted by Crippen LogP contribution is -2.57. The quantitative estimate of drug-likeness (QED) is 0.250. The van der Waals surface area contributed by atoms with Gasteiger partial charge in [-0.3, -0.25) is 4.79 Å². The average molecular weight is 516 g/mol. The molecule has 4 heteroatoms. The summed E-state index contributed by atoms with van der Waals surface area (Å²) in [6, 6.07) is -0.586. The molecule has 10 atom stereocenters. The van der Waals surface area contributed by atoms with Crippen molar-refractivity contribution >= 4 is 5.97 Å². The van der Waals surface area contributed by atoms with E-state index in [1.165, 1.54) is 50.5 Å². The van der Waals surface area contributed by atoms with Crippen LogP contribution in [0.1, 0.15) is 119 Å². The summed E-state index contributed by atoms with van der Waals surface area (Å²) in [6.45, 7) is 16.4. The summed E-state index contributed by atoms with van der Waals surface area (Å²) < 4.78 is 6.24. The first-order chi connectivity index (χ1) is 17.4. The maximum Gasteiger partial charge on any atom is 0.323 e. The smallest absolute Gasteiger partial charge is 0.323 e. The van der Waals surface area contributed by atoms with Crippen molar-refractivity contribution < 1.29 is 14.6 Å². The first-order valence-corrected chi connectivity index (χ1v) is 15.7. The Kier molecular flexibility index (Phi) is 8.91. The minimum atomic E-state index is -0.586. The van der Waals surface area contributed by atoms with E-state index in [0.29, 0.717) is 36.0 Å². The van der Waals surface area contributed by atoms with Gasteiger partial charge in [-0.25, -0.2) is 0 Å². The molecule has 0 amide bonds. The van der Waals surface area contributed by atoms with E-state index in [2.05, 4.69) is 54.5 Å². The lowest BCUT2D eigenvalue weighted by molar-refractivity contribution is -0.171. The second-order valence-electron chi connectivity index (χ2n) is 14.9. The summed E-state index contributed by atoms with van der Waals surface area (Å²) in [5, 5.41) is 10.8. The van der Waals surface area contributed by atoms with Crippen molar-refractivity contribution in [3.05, 3.63) is 11.6 Å². The fourth-order valence-electron chi connectivity index (χ4n) is 9.70. The molecule has 0 heterocycles. The summed E-state index contributed by atoms with van der Waals surface area (Å²) in [5.74, 6) is 4.43. The molecule has 4 aliphatic rings. The summed E-state index contributed by atoms with van der Waals surface area (Å²) in [4.78, 5) is 13.1. The number of allylic oxidation sites excluding steroid dienone is 1. The van der Waals surface area contributed by atoms with Crippen molar-refractivity contribution in [1.82, 2.24) is 0 Å². The minimum Gasteiger partial charge on any atom is -0.460 e. The highest BCUT2D eigenvalue weighted by Gasteiger charge is 2.61. The van der Waals surface area contributed by atoms with Crippen LogP contribution in [0, 0.1) is 52.3 Å². The van der Waals surface area contributed by atoms with E-state index in [9.17, 15) is 9.90 Å². The van der Waals surface area contributed by atoms with E-state index >= 15 is 0 Å². The highest BCUT2D eigenvalue weighted by Crippen LogP contribution is 2.67. The Morgan fingerprint density at radius 1 is 1.08 bits per heavy atom. The molecular formula is C33H57NO3. The Labute approximate surface area is 227 Å². The Morgan fingerprint density at radius 2 is 1.81 bits per heavy atom. The van der Waals surface area contributed by atoms with Crippen molar-refractivity contribution in [2.24, 2.45) is 58.0 Å².